The minimum absolute atomic E-state index is 0. The Kier molecular flexibility index (Phi) is 11.0. The van der Waals surface area contributed by atoms with E-state index in [0.717, 1.165) is 5.56 Å². The first kappa shape index (κ1) is 24.7. The molecule has 0 saturated carbocycles. The summed E-state index contributed by atoms with van der Waals surface area (Å²) in [5, 5.41) is 9.00. The van der Waals surface area contributed by atoms with Crippen molar-refractivity contribution in [2.45, 2.75) is 26.5 Å². The second-order valence-corrected chi connectivity index (χ2v) is 6.24. The summed E-state index contributed by atoms with van der Waals surface area (Å²) in [6.45, 7) is 5.52. The molecule has 0 aliphatic rings. The zero-order valence-electron chi connectivity index (χ0n) is 16.9. The largest absolute Gasteiger partial charge is 0.489 e. The summed E-state index contributed by atoms with van der Waals surface area (Å²) < 4.78 is 19.0. The molecule has 1 amide bonds. The molecular weight excluding hydrogens is 486 g/mol. The van der Waals surface area contributed by atoms with Gasteiger partial charge < -0.3 is 20.7 Å². The molecule has 0 aromatic heterocycles. The fourth-order valence-electron chi connectivity index (χ4n) is 2.52. The number of rotatable bonds is 8. The molecule has 0 aliphatic heterocycles. The van der Waals surface area contributed by atoms with Gasteiger partial charge >= 0.3 is 0 Å². The maximum atomic E-state index is 13.2. The van der Waals surface area contributed by atoms with Crippen molar-refractivity contribution < 1.29 is 13.9 Å². The number of ether oxygens (including phenoxy) is 1. The average Bonchev–Trinajstić information content (AvgIpc) is 2.69. The van der Waals surface area contributed by atoms with E-state index in [2.05, 4.69) is 20.9 Å². The lowest BCUT2D eigenvalue weighted by Gasteiger charge is -2.17. The van der Waals surface area contributed by atoms with Gasteiger partial charge in [0.15, 0.2) is 5.96 Å². The number of halogens is 2. The van der Waals surface area contributed by atoms with Crippen LogP contribution in [0.2, 0.25) is 0 Å². The van der Waals surface area contributed by atoms with Crippen LogP contribution in [0.5, 0.6) is 5.75 Å². The third-order valence-electron chi connectivity index (χ3n) is 3.87. The highest BCUT2D eigenvalue weighted by molar-refractivity contribution is 14.0. The number of nitrogens with one attached hydrogen (secondary N) is 3. The molecule has 0 bridgehead atoms. The van der Waals surface area contributed by atoms with Gasteiger partial charge in [0.05, 0.1) is 13.1 Å². The Bertz CT molecular complexity index is 817. The predicted molar refractivity (Wildman–Crippen MR) is 125 cm³/mol. The molecule has 158 valence electrons. The molecule has 2 aromatic rings. The van der Waals surface area contributed by atoms with Crippen LogP contribution in [-0.2, 0) is 6.54 Å². The van der Waals surface area contributed by atoms with Crippen molar-refractivity contribution >= 4 is 35.8 Å². The highest BCUT2D eigenvalue weighted by atomic mass is 127. The van der Waals surface area contributed by atoms with Crippen molar-refractivity contribution in [2.75, 3.05) is 20.1 Å². The van der Waals surface area contributed by atoms with Gasteiger partial charge in [0.2, 0.25) is 0 Å². The van der Waals surface area contributed by atoms with E-state index in [-0.39, 0.29) is 41.8 Å². The highest BCUT2D eigenvalue weighted by Gasteiger charge is 2.07. The van der Waals surface area contributed by atoms with E-state index in [1.807, 2.05) is 32.0 Å². The van der Waals surface area contributed by atoms with Crippen LogP contribution >= 0.6 is 24.0 Å². The Hall–Kier alpha value is -2.36. The van der Waals surface area contributed by atoms with Crippen molar-refractivity contribution in [1.29, 1.82) is 0 Å². The summed E-state index contributed by atoms with van der Waals surface area (Å²) in [4.78, 5) is 16.3. The van der Waals surface area contributed by atoms with Crippen molar-refractivity contribution in [3.8, 4) is 5.75 Å². The summed E-state index contributed by atoms with van der Waals surface area (Å²) in [6, 6.07) is 13.4. The molecule has 29 heavy (non-hydrogen) atoms. The van der Waals surface area contributed by atoms with Gasteiger partial charge in [-0.1, -0.05) is 18.2 Å². The number of carbonyl (C=O) groups excluding carboxylic acids is 1. The number of hydrogen-bond acceptors (Lipinski definition) is 3. The third kappa shape index (κ3) is 8.68. The Morgan fingerprint density at radius 2 is 1.93 bits per heavy atom. The first-order valence-corrected chi connectivity index (χ1v) is 9.27. The Balaban J connectivity index is 0.00000420. The maximum Gasteiger partial charge on any atom is 0.251 e. The van der Waals surface area contributed by atoms with E-state index < -0.39 is 0 Å². The van der Waals surface area contributed by atoms with Gasteiger partial charge in [-0.15, -0.1) is 24.0 Å². The SMILES string of the molecule is CCNC(=NCc1cccc(C(=O)NC)c1)NCC(C)Oc1cccc(F)c1.I. The average molecular weight is 514 g/mol. The van der Waals surface area contributed by atoms with Gasteiger partial charge in [-0.3, -0.25) is 4.79 Å². The number of benzene rings is 2. The van der Waals surface area contributed by atoms with Crippen molar-refractivity contribution in [2.24, 2.45) is 4.99 Å². The Morgan fingerprint density at radius 3 is 2.62 bits per heavy atom. The quantitative estimate of drug-likeness (QED) is 0.287. The molecule has 8 heteroatoms. The van der Waals surface area contributed by atoms with Crippen LogP contribution in [0, 0.1) is 5.82 Å². The minimum Gasteiger partial charge on any atom is -0.489 e. The number of guanidine groups is 1. The van der Waals surface area contributed by atoms with Gasteiger partial charge in [-0.25, -0.2) is 9.38 Å². The number of amides is 1. The topological polar surface area (TPSA) is 74.8 Å². The minimum atomic E-state index is -0.327. The molecule has 1 unspecified atom stereocenters. The molecular formula is C21H28FIN4O2. The lowest BCUT2D eigenvalue weighted by atomic mass is 10.1. The summed E-state index contributed by atoms with van der Waals surface area (Å²) in [5.41, 5.74) is 1.53. The smallest absolute Gasteiger partial charge is 0.251 e. The number of carbonyl (C=O) groups is 1. The van der Waals surface area contributed by atoms with E-state index in [0.29, 0.717) is 36.9 Å². The van der Waals surface area contributed by atoms with Crippen molar-refractivity contribution in [3.63, 3.8) is 0 Å². The van der Waals surface area contributed by atoms with E-state index in [1.165, 1.54) is 12.1 Å². The van der Waals surface area contributed by atoms with Crippen molar-refractivity contribution in [3.05, 3.63) is 65.5 Å². The third-order valence-corrected chi connectivity index (χ3v) is 3.87. The van der Waals surface area contributed by atoms with Gasteiger partial charge in [-0.2, -0.15) is 0 Å². The predicted octanol–water partition coefficient (Wildman–Crippen LogP) is 3.33. The molecule has 0 radical (unpaired) electrons. The summed E-state index contributed by atoms with van der Waals surface area (Å²) in [5.74, 6) is 0.676. The standard InChI is InChI=1S/C21H27FN4O2.HI/c1-4-24-21(25-13-15(2)28-19-10-6-9-18(22)12-19)26-14-16-7-5-8-17(11-16)20(27)23-3;/h5-12,15H,4,13-14H2,1-3H3,(H,23,27)(H2,24,25,26);1H. The van der Waals surface area contributed by atoms with Crippen LogP contribution in [0.25, 0.3) is 0 Å². The van der Waals surface area contributed by atoms with Crippen LogP contribution in [0.4, 0.5) is 4.39 Å². The van der Waals surface area contributed by atoms with E-state index in [4.69, 9.17) is 4.74 Å². The van der Waals surface area contributed by atoms with Crippen LogP contribution in [-0.4, -0.2) is 38.1 Å². The van der Waals surface area contributed by atoms with Crippen LogP contribution in [0.15, 0.2) is 53.5 Å². The van der Waals surface area contributed by atoms with Crippen molar-refractivity contribution in [1.82, 2.24) is 16.0 Å². The first-order valence-electron chi connectivity index (χ1n) is 9.27. The Labute approximate surface area is 188 Å². The van der Waals surface area contributed by atoms with Gasteiger partial charge in [0.1, 0.15) is 17.7 Å². The summed E-state index contributed by atoms with van der Waals surface area (Å²) >= 11 is 0. The molecule has 2 rings (SSSR count). The van der Waals surface area contributed by atoms with E-state index in [9.17, 15) is 9.18 Å². The van der Waals surface area contributed by atoms with Gasteiger partial charge in [-0.05, 0) is 43.7 Å². The molecule has 1 atom stereocenters. The molecule has 6 nitrogen and oxygen atoms in total. The fourth-order valence-corrected chi connectivity index (χ4v) is 2.52. The molecule has 3 N–H and O–H groups in total. The highest BCUT2D eigenvalue weighted by Crippen LogP contribution is 2.13. The van der Waals surface area contributed by atoms with Gasteiger partial charge in [0.25, 0.3) is 5.91 Å². The van der Waals surface area contributed by atoms with E-state index in [1.54, 1.807) is 25.2 Å². The fraction of sp³-hybridized carbons (Fsp3) is 0.333. The van der Waals surface area contributed by atoms with E-state index >= 15 is 0 Å². The first-order chi connectivity index (χ1) is 13.5. The van der Waals surface area contributed by atoms with Crippen LogP contribution in [0.3, 0.4) is 0 Å². The van der Waals surface area contributed by atoms with Crippen LogP contribution < -0.4 is 20.7 Å². The lowest BCUT2D eigenvalue weighted by molar-refractivity contribution is 0.0963. The molecule has 0 spiro atoms. The lowest BCUT2D eigenvalue weighted by Crippen LogP contribution is -2.41. The second kappa shape index (κ2) is 13.0. The maximum absolute atomic E-state index is 13.2. The molecule has 2 aromatic carbocycles. The Morgan fingerprint density at radius 1 is 1.17 bits per heavy atom. The summed E-state index contributed by atoms with van der Waals surface area (Å²) in [7, 11) is 1.60. The molecule has 0 saturated heterocycles. The molecule has 0 heterocycles. The van der Waals surface area contributed by atoms with Gasteiger partial charge in [0, 0.05) is 25.2 Å². The monoisotopic (exact) mass is 514 g/mol. The summed E-state index contributed by atoms with van der Waals surface area (Å²) in [6.07, 6.45) is -0.178. The zero-order chi connectivity index (χ0) is 20.4. The molecule has 0 aliphatic carbocycles. The number of hydrogen-bond donors (Lipinski definition) is 3. The number of nitrogens with zero attached hydrogens (tertiary/aromatic N) is 1. The molecule has 0 fully saturated rings. The van der Waals surface area contributed by atoms with Crippen LogP contribution in [0.1, 0.15) is 29.8 Å². The normalized spacial score (nSPS) is 11.8. The zero-order valence-corrected chi connectivity index (χ0v) is 19.2. The number of aliphatic imine (C=N–C) groups is 1. The second-order valence-electron chi connectivity index (χ2n) is 6.24.